The Bertz CT molecular complexity index is 346. The van der Waals surface area contributed by atoms with Crippen LogP contribution in [0.4, 0.5) is 10.1 Å². The van der Waals surface area contributed by atoms with Crippen LogP contribution < -0.4 is 4.90 Å². The molecule has 0 spiro atoms. The van der Waals surface area contributed by atoms with Crippen molar-refractivity contribution in [2.75, 3.05) is 18.0 Å². The van der Waals surface area contributed by atoms with Gasteiger partial charge in [0, 0.05) is 18.7 Å². The van der Waals surface area contributed by atoms with Crippen LogP contribution >= 0.6 is 0 Å². The summed E-state index contributed by atoms with van der Waals surface area (Å²) in [5.41, 5.74) is 0.975. The van der Waals surface area contributed by atoms with E-state index in [-0.39, 0.29) is 5.82 Å². The number of anilines is 1. The van der Waals surface area contributed by atoms with Crippen molar-refractivity contribution in [1.29, 1.82) is 0 Å². The average molecular weight is 223 g/mol. The van der Waals surface area contributed by atoms with Gasteiger partial charge >= 0.3 is 0 Å². The Kier molecular flexibility index (Phi) is 4.96. The third-order valence-corrected chi connectivity index (χ3v) is 2.44. The van der Waals surface area contributed by atoms with E-state index in [1.807, 2.05) is 4.90 Å². The lowest BCUT2D eigenvalue weighted by atomic mass is 10.2. The second-order valence-electron chi connectivity index (χ2n) is 3.82. The normalized spacial score (nSPS) is 10.2. The van der Waals surface area contributed by atoms with Crippen LogP contribution in [-0.2, 0) is 0 Å². The van der Waals surface area contributed by atoms with E-state index in [4.69, 9.17) is 0 Å². The van der Waals surface area contributed by atoms with E-state index in [9.17, 15) is 9.18 Å². The Morgan fingerprint density at radius 2 is 1.88 bits per heavy atom. The van der Waals surface area contributed by atoms with Crippen LogP contribution in [0.25, 0.3) is 0 Å². The molecular weight excluding hydrogens is 205 g/mol. The number of aldehydes is 1. The van der Waals surface area contributed by atoms with Gasteiger partial charge in [0.1, 0.15) is 12.1 Å². The highest BCUT2D eigenvalue weighted by Gasteiger charge is 2.10. The van der Waals surface area contributed by atoms with Gasteiger partial charge in [-0.05, 0) is 31.0 Å². The number of hydrogen-bond donors (Lipinski definition) is 0. The van der Waals surface area contributed by atoms with E-state index in [0.29, 0.717) is 17.5 Å². The van der Waals surface area contributed by atoms with Crippen molar-refractivity contribution in [2.45, 2.75) is 26.7 Å². The maximum Gasteiger partial charge on any atom is 0.150 e. The molecule has 3 heteroatoms. The largest absolute Gasteiger partial charge is 0.369 e. The van der Waals surface area contributed by atoms with E-state index >= 15 is 0 Å². The molecular formula is C13H18FNO. The highest BCUT2D eigenvalue weighted by molar-refractivity contribution is 5.75. The zero-order valence-corrected chi connectivity index (χ0v) is 9.87. The quantitative estimate of drug-likeness (QED) is 0.690. The van der Waals surface area contributed by atoms with Crippen molar-refractivity contribution in [3.63, 3.8) is 0 Å². The number of nitrogens with zero attached hydrogens (tertiary/aromatic N) is 1. The van der Waals surface area contributed by atoms with E-state index < -0.39 is 0 Å². The van der Waals surface area contributed by atoms with Crippen LogP contribution in [0.15, 0.2) is 18.2 Å². The van der Waals surface area contributed by atoms with Crippen molar-refractivity contribution >= 4 is 12.0 Å². The predicted octanol–water partition coefficient (Wildman–Crippen LogP) is 3.26. The summed E-state index contributed by atoms with van der Waals surface area (Å²) in [6, 6.07) is 4.63. The van der Waals surface area contributed by atoms with Gasteiger partial charge in [0.15, 0.2) is 0 Å². The number of rotatable bonds is 6. The summed E-state index contributed by atoms with van der Waals surface area (Å²) in [6.07, 6.45) is 2.63. The van der Waals surface area contributed by atoms with Gasteiger partial charge in [0.2, 0.25) is 0 Å². The van der Waals surface area contributed by atoms with Gasteiger partial charge in [-0.15, -0.1) is 0 Å². The molecule has 0 bridgehead atoms. The minimum Gasteiger partial charge on any atom is -0.369 e. The Balaban J connectivity index is 2.94. The zero-order valence-electron chi connectivity index (χ0n) is 9.87. The number of hydrogen-bond acceptors (Lipinski definition) is 2. The minimum absolute atomic E-state index is 0.313. The molecule has 0 heterocycles. The molecule has 1 rings (SSSR count). The molecule has 0 aliphatic carbocycles. The Morgan fingerprint density at radius 1 is 1.25 bits per heavy atom. The first-order chi connectivity index (χ1) is 7.72. The fraction of sp³-hybridized carbons (Fsp3) is 0.462. The van der Waals surface area contributed by atoms with Gasteiger partial charge in [-0.2, -0.15) is 0 Å². The van der Waals surface area contributed by atoms with Gasteiger partial charge in [0.05, 0.1) is 5.69 Å². The van der Waals surface area contributed by atoms with Crippen molar-refractivity contribution in [2.24, 2.45) is 0 Å². The van der Waals surface area contributed by atoms with Crippen molar-refractivity contribution < 1.29 is 9.18 Å². The van der Waals surface area contributed by atoms with E-state index in [1.165, 1.54) is 6.07 Å². The Hall–Kier alpha value is -1.38. The SMILES string of the molecule is CCCN(CCC)c1ccc(C=O)cc1F. The summed E-state index contributed by atoms with van der Waals surface area (Å²) in [5.74, 6) is -0.313. The summed E-state index contributed by atoms with van der Waals surface area (Å²) >= 11 is 0. The van der Waals surface area contributed by atoms with Gasteiger partial charge in [-0.1, -0.05) is 13.8 Å². The summed E-state index contributed by atoms with van der Waals surface area (Å²) < 4.78 is 13.7. The average Bonchev–Trinajstić information content (AvgIpc) is 2.29. The molecule has 0 N–H and O–H groups in total. The second-order valence-corrected chi connectivity index (χ2v) is 3.82. The van der Waals surface area contributed by atoms with Gasteiger partial charge in [0.25, 0.3) is 0 Å². The predicted molar refractivity (Wildman–Crippen MR) is 64.6 cm³/mol. The lowest BCUT2D eigenvalue weighted by Gasteiger charge is -2.24. The van der Waals surface area contributed by atoms with Crippen LogP contribution in [-0.4, -0.2) is 19.4 Å². The molecule has 0 atom stereocenters. The van der Waals surface area contributed by atoms with E-state index in [1.54, 1.807) is 12.1 Å². The van der Waals surface area contributed by atoms with Crippen molar-refractivity contribution in [1.82, 2.24) is 0 Å². The standard InChI is InChI=1S/C13H18FNO/c1-3-7-15(8-4-2)13-6-5-11(10-16)9-12(13)14/h5-6,9-10H,3-4,7-8H2,1-2H3. The lowest BCUT2D eigenvalue weighted by molar-refractivity contribution is 0.112. The molecule has 0 aliphatic heterocycles. The van der Waals surface area contributed by atoms with Crippen molar-refractivity contribution in [3.05, 3.63) is 29.6 Å². The third-order valence-electron chi connectivity index (χ3n) is 2.44. The molecule has 1 aromatic carbocycles. The van der Waals surface area contributed by atoms with Crippen LogP contribution in [0.1, 0.15) is 37.0 Å². The molecule has 0 aliphatic rings. The molecule has 1 aromatic rings. The molecule has 0 aromatic heterocycles. The maximum absolute atomic E-state index is 13.7. The molecule has 0 amide bonds. The Labute approximate surface area is 96.1 Å². The topological polar surface area (TPSA) is 20.3 Å². The fourth-order valence-electron chi connectivity index (χ4n) is 1.75. The zero-order chi connectivity index (χ0) is 12.0. The lowest BCUT2D eigenvalue weighted by Crippen LogP contribution is -2.25. The molecule has 0 saturated carbocycles. The molecule has 0 fully saturated rings. The van der Waals surface area contributed by atoms with Crippen molar-refractivity contribution in [3.8, 4) is 0 Å². The van der Waals surface area contributed by atoms with Crippen LogP contribution in [0.3, 0.4) is 0 Å². The monoisotopic (exact) mass is 223 g/mol. The number of carbonyl (C=O) groups is 1. The second kappa shape index (κ2) is 6.26. The smallest absolute Gasteiger partial charge is 0.150 e. The molecule has 0 radical (unpaired) electrons. The van der Waals surface area contributed by atoms with Gasteiger partial charge < -0.3 is 4.90 Å². The maximum atomic E-state index is 13.7. The summed E-state index contributed by atoms with van der Waals surface area (Å²) in [7, 11) is 0. The highest BCUT2D eigenvalue weighted by Crippen LogP contribution is 2.20. The van der Waals surface area contributed by atoms with E-state index in [2.05, 4.69) is 13.8 Å². The first kappa shape index (κ1) is 12.7. The van der Waals surface area contributed by atoms with Gasteiger partial charge in [-0.25, -0.2) is 4.39 Å². The molecule has 16 heavy (non-hydrogen) atoms. The summed E-state index contributed by atoms with van der Waals surface area (Å²) in [5, 5.41) is 0. The molecule has 0 unspecified atom stereocenters. The number of benzene rings is 1. The summed E-state index contributed by atoms with van der Waals surface area (Å²) in [6.45, 7) is 5.82. The first-order valence-electron chi connectivity index (χ1n) is 5.72. The molecule has 88 valence electrons. The van der Waals surface area contributed by atoms with E-state index in [0.717, 1.165) is 25.9 Å². The third kappa shape index (κ3) is 3.05. The van der Waals surface area contributed by atoms with Crippen LogP contribution in [0.2, 0.25) is 0 Å². The number of carbonyl (C=O) groups excluding carboxylic acids is 1. The van der Waals surface area contributed by atoms with Crippen LogP contribution in [0, 0.1) is 5.82 Å². The summed E-state index contributed by atoms with van der Waals surface area (Å²) in [4.78, 5) is 12.5. The molecule has 0 saturated heterocycles. The van der Waals surface area contributed by atoms with Gasteiger partial charge in [-0.3, -0.25) is 4.79 Å². The highest BCUT2D eigenvalue weighted by atomic mass is 19.1. The van der Waals surface area contributed by atoms with Crippen LogP contribution in [0.5, 0.6) is 0 Å². The number of halogens is 1. The fourth-order valence-corrected chi connectivity index (χ4v) is 1.75. The molecule has 2 nitrogen and oxygen atoms in total. The Morgan fingerprint density at radius 3 is 2.31 bits per heavy atom. The first-order valence-corrected chi connectivity index (χ1v) is 5.72. The minimum atomic E-state index is -0.313.